The van der Waals surface area contributed by atoms with Gasteiger partial charge in [-0.2, -0.15) is 0 Å². The second-order valence-electron chi connectivity index (χ2n) is 5.57. The number of nitrogens with zero attached hydrogens (tertiary/aromatic N) is 1. The highest BCUT2D eigenvalue weighted by atomic mass is 16.5. The normalized spacial score (nSPS) is 18.4. The fourth-order valence-corrected chi connectivity index (χ4v) is 2.35. The lowest BCUT2D eigenvalue weighted by molar-refractivity contribution is -0.0764. The second-order valence-corrected chi connectivity index (χ2v) is 5.57. The molecule has 1 fully saturated rings. The third-order valence-corrected chi connectivity index (χ3v) is 3.35. The van der Waals surface area contributed by atoms with Crippen LogP contribution < -0.4 is 5.73 Å². The van der Waals surface area contributed by atoms with Crippen LogP contribution >= 0.6 is 0 Å². The van der Waals surface area contributed by atoms with Gasteiger partial charge in [-0.05, 0) is 44.5 Å². The average Bonchev–Trinajstić information content (AvgIpc) is 2.38. The van der Waals surface area contributed by atoms with Crippen molar-refractivity contribution >= 4 is 5.91 Å². The molecule has 0 bridgehead atoms. The summed E-state index contributed by atoms with van der Waals surface area (Å²) >= 11 is 0. The Morgan fingerprint density at radius 2 is 2.05 bits per heavy atom. The number of hydrogen-bond donors (Lipinski definition) is 1. The van der Waals surface area contributed by atoms with Gasteiger partial charge in [0.2, 0.25) is 0 Å². The minimum Gasteiger partial charge on any atom is -0.372 e. The second kappa shape index (κ2) is 5.72. The Balaban J connectivity index is 2.06. The van der Waals surface area contributed by atoms with Gasteiger partial charge in [0.05, 0.1) is 12.2 Å². The van der Waals surface area contributed by atoms with E-state index >= 15 is 0 Å². The van der Waals surface area contributed by atoms with Crippen LogP contribution in [0.15, 0.2) is 24.3 Å². The Kier molecular flexibility index (Phi) is 4.22. The van der Waals surface area contributed by atoms with Gasteiger partial charge in [-0.15, -0.1) is 0 Å². The zero-order chi connectivity index (χ0) is 13.9. The van der Waals surface area contributed by atoms with Crippen molar-refractivity contribution in [1.29, 1.82) is 0 Å². The topological polar surface area (TPSA) is 55.6 Å². The SMILES string of the molecule is CC1(C)CN(C(=O)c2ccc(CCN)cc2)CCO1. The van der Waals surface area contributed by atoms with Crippen molar-refractivity contribution in [3.8, 4) is 0 Å². The number of amides is 1. The van der Waals surface area contributed by atoms with Gasteiger partial charge in [-0.3, -0.25) is 4.79 Å². The van der Waals surface area contributed by atoms with Crippen molar-refractivity contribution < 1.29 is 9.53 Å². The molecule has 104 valence electrons. The molecule has 1 amide bonds. The van der Waals surface area contributed by atoms with Crippen LogP contribution in [-0.2, 0) is 11.2 Å². The summed E-state index contributed by atoms with van der Waals surface area (Å²) in [5.41, 5.74) is 7.16. The summed E-state index contributed by atoms with van der Waals surface area (Å²) in [7, 11) is 0. The van der Waals surface area contributed by atoms with E-state index in [-0.39, 0.29) is 11.5 Å². The summed E-state index contributed by atoms with van der Waals surface area (Å²) in [6, 6.07) is 7.73. The van der Waals surface area contributed by atoms with Crippen LogP contribution in [0.1, 0.15) is 29.8 Å². The summed E-state index contributed by atoms with van der Waals surface area (Å²) in [6.07, 6.45) is 0.846. The van der Waals surface area contributed by atoms with E-state index in [1.165, 1.54) is 5.56 Å². The number of hydrogen-bond acceptors (Lipinski definition) is 3. The van der Waals surface area contributed by atoms with Gasteiger partial charge in [0.15, 0.2) is 0 Å². The molecule has 1 aliphatic heterocycles. The molecule has 1 saturated heterocycles. The fourth-order valence-electron chi connectivity index (χ4n) is 2.35. The molecular weight excluding hydrogens is 240 g/mol. The number of rotatable bonds is 3. The predicted octanol–water partition coefficient (Wildman–Crippen LogP) is 1.44. The number of nitrogens with two attached hydrogens (primary N) is 1. The smallest absolute Gasteiger partial charge is 0.254 e. The van der Waals surface area contributed by atoms with Crippen LogP contribution in [-0.4, -0.2) is 42.6 Å². The third-order valence-electron chi connectivity index (χ3n) is 3.35. The highest BCUT2D eigenvalue weighted by Gasteiger charge is 2.30. The summed E-state index contributed by atoms with van der Waals surface area (Å²) in [4.78, 5) is 14.3. The molecule has 2 N–H and O–H groups in total. The molecule has 0 atom stereocenters. The number of carbonyl (C=O) groups excluding carboxylic acids is 1. The quantitative estimate of drug-likeness (QED) is 0.896. The van der Waals surface area contributed by atoms with Crippen LogP contribution in [0.4, 0.5) is 0 Å². The molecule has 4 nitrogen and oxygen atoms in total. The lowest BCUT2D eigenvalue weighted by atomic mass is 10.0. The molecule has 19 heavy (non-hydrogen) atoms. The molecule has 0 aromatic heterocycles. The van der Waals surface area contributed by atoms with E-state index in [1.54, 1.807) is 0 Å². The van der Waals surface area contributed by atoms with E-state index in [9.17, 15) is 4.79 Å². The van der Waals surface area contributed by atoms with Crippen LogP contribution in [0.5, 0.6) is 0 Å². The molecule has 2 rings (SSSR count). The maximum atomic E-state index is 12.4. The van der Waals surface area contributed by atoms with Crippen LogP contribution in [0.2, 0.25) is 0 Å². The van der Waals surface area contributed by atoms with E-state index in [0.29, 0.717) is 26.2 Å². The van der Waals surface area contributed by atoms with Crippen molar-refractivity contribution in [2.24, 2.45) is 5.73 Å². The van der Waals surface area contributed by atoms with Gasteiger partial charge >= 0.3 is 0 Å². The molecule has 4 heteroatoms. The molecule has 1 aromatic rings. The summed E-state index contributed by atoms with van der Waals surface area (Å²) < 4.78 is 5.62. The summed E-state index contributed by atoms with van der Waals surface area (Å²) in [5, 5.41) is 0. The molecule has 1 heterocycles. The Labute approximate surface area is 114 Å². The molecule has 0 spiro atoms. The first-order chi connectivity index (χ1) is 9.02. The maximum Gasteiger partial charge on any atom is 0.254 e. The van der Waals surface area contributed by atoms with Gasteiger partial charge in [-0.1, -0.05) is 12.1 Å². The van der Waals surface area contributed by atoms with Gasteiger partial charge in [0.1, 0.15) is 0 Å². The Hall–Kier alpha value is -1.39. The van der Waals surface area contributed by atoms with Crippen molar-refractivity contribution in [1.82, 2.24) is 4.90 Å². The van der Waals surface area contributed by atoms with E-state index in [2.05, 4.69) is 0 Å². The molecule has 0 aliphatic carbocycles. The van der Waals surface area contributed by atoms with E-state index < -0.39 is 0 Å². The standard InChI is InChI=1S/C15H22N2O2/c1-15(2)11-17(9-10-19-15)14(18)13-5-3-12(4-6-13)7-8-16/h3-6H,7-11,16H2,1-2H3. The van der Waals surface area contributed by atoms with Crippen LogP contribution in [0.25, 0.3) is 0 Å². The monoisotopic (exact) mass is 262 g/mol. The largest absolute Gasteiger partial charge is 0.372 e. The molecule has 0 radical (unpaired) electrons. The maximum absolute atomic E-state index is 12.4. The molecule has 0 saturated carbocycles. The van der Waals surface area contributed by atoms with Gasteiger partial charge < -0.3 is 15.4 Å². The number of morpholine rings is 1. The van der Waals surface area contributed by atoms with E-state index in [0.717, 1.165) is 12.0 Å². The minimum absolute atomic E-state index is 0.0793. The number of benzene rings is 1. The van der Waals surface area contributed by atoms with Crippen molar-refractivity contribution in [3.05, 3.63) is 35.4 Å². The highest BCUT2D eigenvalue weighted by Crippen LogP contribution is 2.18. The minimum atomic E-state index is -0.257. The Morgan fingerprint density at radius 1 is 1.37 bits per heavy atom. The Bertz CT molecular complexity index is 440. The van der Waals surface area contributed by atoms with Gasteiger partial charge in [-0.25, -0.2) is 0 Å². The van der Waals surface area contributed by atoms with Crippen molar-refractivity contribution in [2.75, 3.05) is 26.2 Å². The van der Waals surface area contributed by atoms with Crippen molar-refractivity contribution in [2.45, 2.75) is 25.9 Å². The first-order valence-electron chi connectivity index (χ1n) is 6.74. The number of ether oxygens (including phenoxy) is 1. The molecule has 0 unspecified atom stereocenters. The molecule has 1 aromatic carbocycles. The highest BCUT2D eigenvalue weighted by molar-refractivity contribution is 5.94. The Morgan fingerprint density at radius 3 is 2.63 bits per heavy atom. The number of carbonyl (C=O) groups is 1. The van der Waals surface area contributed by atoms with Crippen LogP contribution in [0.3, 0.4) is 0 Å². The molecule has 1 aliphatic rings. The van der Waals surface area contributed by atoms with E-state index in [4.69, 9.17) is 10.5 Å². The zero-order valence-electron chi connectivity index (χ0n) is 11.7. The fraction of sp³-hybridized carbons (Fsp3) is 0.533. The van der Waals surface area contributed by atoms with Crippen molar-refractivity contribution in [3.63, 3.8) is 0 Å². The van der Waals surface area contributed by atoms with Gasteiger partial charge in [0.25, 0.3) is 5.91 Å². The first kappa shape index (κ1) is 14.0. The lowest BCUT2D eigenvalue weighted by Gasteiger charge is -2.38. The van der Waals surface area contributed by atoms with Gasteiger partial charge in [0, 0.05) is 18.7 Å². The average molecular weight is 262 g/mol. The van der Waals surface area contributed by atoms with E-state index in [1.807, 2.05) is 43.0 Å². The zero-order valence-corrected chi connectivity index (χ0v) is 11.7. The van der Waals surface area contributed by atoms with Crippen LogP contribution in [0, 0.1) is 0 Å². The summed E-state index contributed by atoms with van der Waals surface area (Å²) in [6.45, 7) is 6.55. The lowest BCUT2D eigenvalue weighted by Crippen LogP contribution is -2.50. The predicted molar refractivity (Wildman–Crippen MR) is 75.1 cm³/mol. The third kappa shape index (κ3) is 3.55. The first-order valence-corrected chi connectivity index (χ1v) is 6.74. The summed E-state index contributed by atoms with van der Waals surface area (Å²) in [5.74, 6) is 0.0793. The molecular formula is C15H22N2O2.